The van der Waals surface area contributed by atoms with Gasteiger partial charge in [0.15, 0.2) is 0 Å². The van der Waals surface area contributed by atoms with Gasteiger partial charge in [0.25, 0.3) is 0 Å². The summed E-state index contributed by atoms with van der Waals surface area (Å²) in [5, 5.41) is 11.6. The number of benzene rings is 3. The zero-order chi connectivity index (χ0) is 54.4. The molecule has 7 rings (SSSR count). The fourth-order valence-electron chi connectivity index (χ4n) is 13.7. The van der Waals surface area contributed by atoms with E-state index in [0.717, 1.165) is 59.5 Å². The van der Waals surface area contributed by atoms with Crippen molar-refractivity contribution in [1.29, 1.82) is 0 Å². The highest BCUT2D eigenvalue weighted by molar-refractivity contribution is 5.98. The van der Waals surface area contributed by atoms with Crippen LogP contribution in [-0.2, 0) is 41.7 Å². The molecule has 0 bridgehead atoms. The molecular formula is C64H90N4O8. The summed E-state index contributed by atoms with van der Waals surface area (Å²) in [5.74, 6) is 3.80. The summed E-state index contributed by atoms with van der Waals surface area (Å²) in [7, 11) is 0. The highest BCUT2D eigenvalue weighted by Gasteiger charge is 2.59. The number of amides is 4. The van der Waals surface area contributed by atoms with Crippen LogP contribution < -0.4 is 26.0 Å². The van der Waals surface area contributed by atoms with Gasteiger partial charge in [0.1, 0.15) is 24.4 Å². The van der Waals surface area contributed by atoms with E-state index in [1.165, 1.54) is 57.8 Å². The Labute approximate surface area is 454 Å². The number of hydrogen-bond donors (Lipinski definition) is 4. The Hall–Kier alpha value is -5.49. The van der Waals surface area contributed by atoms with Crippen molar-refractivity contribution in [1.82, 2.24) is 16.0 Å². The van der Waals surface area contributed by atoms with Gasteiger partial charge in [-0.2, -0.15) is 0 Å². The summed E-state index contributed by atoms with van der Waals surface area (Å²) in [5.41, 5.74) is 5.45. The smallest absolute Gasteiger partial charge is 0.429 e. The number of hydrogen-bond acceptors (Lipinski definition) is 8. The predicted molar refractivity (Wildman–Crippen MR) is 300 cm³/mol. The molecule has 12 heteroatoms. The Morgan fingerprint density at radius 2 is 1.45 bits per heavy atom. The molecule has 0 spiro atoms. The van der Waals surface area contributed by atoms with Crippen molar-refractivity contribution < 1.29 is 38.2 Å². The third-order valence-electron chi connectivity index (χ3n) is 17.9. The van der Waals surface area contributed by atoms with Gasteiger partial charge in [0.2, 0.25) is 23.6 Å². The van der Waals surface area contributed by atoms with Crippen LogP contribution in [0.3, 0.4) is 0 Å². The van der Waals surface area contributed by atoms with E-state index in [2.05, 4.69) is 62.0 Å². The van der Waals surface area contributed by atoms with Gasteiger partial charge in [-0.3, -0.25) is 19.2 Å². The number of rotatable bonds is 25. The topological polar surface area (TPSA) is 161 Å². The van der Waals surface area contributed by atoms with Gasteiger partial charge in [-0.1, -0.05) is 140 Å². The van der Waals surface area contributed by atoms with Crippen LogP contribution in [-0.4, -0.2) is 61.1 Å². The number of ether oxygens (including phenoxy) is 3. The van der Waals surface area contributed by atoms with Crippen LogP contribution in [0.4, 0.5) is 10.5 Å². The minimum atomic E-state index is -0.974. The Kier molecular flexibility index (Phi) is 20.8. The fraction of sp³-hybridized carbons (Fsp3) is 0.609. The number of allylic oxidation sites excluding steroid dienone is 1. The normalized spacial score (nSPS) is 24.9. The third kappa shape index (κ3) is 15.8. The fourth-order valence-corrected chi connectivity index (χ4v) is 13.7. The molecule has 3 saturated carbocycles. The van der Waals surface area contributed by atoms with Crippen molar-refractivity contribution in [2.24, 2.45) is 52.3 Å². The first-order chi connectivity index (χ1) is 36.4. The molecule has 0 aliphatic heterocycles. The van der Waals surface area contributed by atoms with E-state index in [9.17, 15) is 24.0 Å². The van der Waals surface area contributed by atoms with Crippen molar-refractivity contribution in [3.8, 4) is 5.75 Å². The summed E-state index contributed by atoms with van der Waals surface area (Å²) in [4.78, 5) is 66.2. The van der Waals surface area contributed by atoms with E-state index in [1.807, 2.05) is 63.2 Å². The molecule has 3 aromatic carbocycles. The molecule has 10 atom stereocenters. The second-order valence-corrected chi connectivity index (χ2v) is 24.4. The van der Waals surface area contributed by atoms with Crippen LogP contribution in [0.15, 0.2) is 90.5 Å². The number of nitrogens with one attached hydrogen (secondary N) is 4. The van der Waals surface area contributed by atoms with E-state index in [0.29, 0.717) is 48.4 Å². The summed E-state index contributed by atoms with van der Waals surface area (Å²) < 4.78 is 17.0. The lowest BCUT2D eigenvalue weighted by Gasteiger charge is -2.58. The zero-order valence-corrected chi connectivity index (χ0v) is 47.1. The Morgan fingerprint density at radius 1 is 0.711 bits per heavy atom. The molecule has 4 aliphatic rings. The molecule has 3 fully saturated rings. The van der Waals surface area contributed by atoms with Gasteiger partial charge >= 0.3 is 6.16 Å². The molecule has 4 amide bonds. The van der Waals surface area contributed by atoms with Crippen LogP contribution in [0.1, 0.15) is 161 Å². The first kappa shape index (κ1) is 58.2. The minimum Gasteiger partial charge on any atom is -0.429 e. The maximum atomic E-state index is 13.9. The minimum absolute atomic E-state index is 0.0142. The van der Waals surface area contributed by atoms with E-state index < -0.39 is 36.0 Å². The Bertz CT molecular complexity index is 2420. The standard InChI is InChI=1S/C64H90N4O8/c1-42(2)14-12-15-45(6)53-28-29-54-52-27-22-48-40-51(32-34-63(48,7)55(52)33-35-64(53,54)8)74-37-13-36-65-58(69)30-31-59(70)67-56(38-43(3)4)61(72)68-57(39-46-16-10-9-11-17-46)60(71)66-49-23-20-47(21-24-49)41-75-62(73)76-50-25-18-44(5)19-26-50/h9-11,16-26,42-43,45,51-57H,12-15,27-41H2,1-8H3,(H,65,69)(H,66,71)(H,67,70)(H,68,72)/t45-,51+,52?,53-,54+,55+,56+,57+,63+,64-/m1/s1. The van der Waals surface area contributed by atoms with Crippen LogP contribution in [0.25, 0.3) is 0 Å². The first-order valence-corrected chi connectivity index (χ1v) is 28.9. The molecule has 3 aromatic rings. The number of fused-ring (bicyclic) bond motifs is 5. The highest BCUT2D eigenvalue weighted by atomic mass is 16.7. The molecule has 414 valence electrons. The number of anilines is 1. The molecule has 12 nitrogen and oxygen atoms in total. The van der Waals surface area contributed by atoms with Crippen molar-refractivity contribution in [3.05, 3.63) is 107 Å². The SMILES string of the molecule is Cc1ccc(OC(=O)OCc2ccc(NC(=O)[C@H](Cc3ccccc3)NC(=O)[C@H](CC(C)C)NC(=O)CCC(=O)NCCCO[C@H]3CC[C@@]4(C)C(=CCC5[C@@H]6CC[C@H]([C@H](C)CCCC(C)C)[C@@]6(C)CC[C@@H]54)C3)cc2)cc1. The first-order valence-electron chi connectivity index (χ1n) is 28.9. The molecule has 76 heavy (non-hydrogen) atoms. The van der Waals surface area contributed by atoms with Gasteiger partial charge in [0.05, 0.1) is 6.10 Å². The largest absolute Gasteiger partial charge is 0.514 e. The van der Waals surface area contributed by atoms with Crippen molar-refractivity contribution >= 4 is 35.5 Å². The number of carbonyl (C=O) groups excluding carboxylic acids is 5. The average molecular weight is 1040 g/mol. The molecule has 4 N–H and O–H groups in total. The van der Waals surface area contributed by atoms with E-state index in [4.69, 9.17) is 14.2 Å². The van der Waals surface area contributed by atoms with Gasteiger partial charge < -0.3 is 35.5 Å². The van der Waals surface area contributed by atoms with Crippen LogP contribution in [0, 0.1) is 59.2 Å². The predicted octanol–water partition coefficient (Wildman–Crippen LogP) is 12.6. The van der Waals surface area contributed by atoms with Crippen LogP contribution in [0.2, 0.25) is 0 Å². The third-order valence-corrected chi connectivity index (χ3v) is 17.9. The number of carbonyl (C=O) groups is 5. The zero-order valence-electron chi connectivity index (χ0n) is 47.1. The van der Waals surface area contributed by atoms with Gasteiger partial charge in [-0.15, -0.1) is 0 Å². The number of aryl methyl sites for hydroxylation is 1. The maximum absolute atomic E-state index is 13.9. The van der Waals surface area contributed by atoms with Crippen molar-refractivity contribution in [3.63, 3.8) is 0 Å². The summed E-state index contributed by atoms with van der Waals surface area (Å²) in [6.45, 7) is 19.4. The summed E-state index contributed by atoms with van der Waals surface area (Å²) in [6.07, 6.45) is 17.4. The van der Waals surface area contributed by atoms with Crippen molar-refractivity contribution in [2.75, 3.05) is 18.5 Å². The second kappa shape index (κ2) is 27.2. The molecule has 0 heterocycles. The van der Waals surface area contributed by atoms with E-state index in [-0.39, 0.29) is 49.2 Å². The maximum Gasteiger partial charge on any atom is 0.514 e. The Morgan fingerprint density at radius 3 is 2.17 bits per heavy atom. The Balaban J connectivity index is 0.821. The molecular weight excluding hydrogens is 953 g/mol. The summed E-state index contributed by atoms with van der Waals surface area (Å²) in [6, 6.07) is 21.3. The molecule has 0 aromatic heterocycles. The van der Waals surface area contributed by atoms with Gasteiger partial charge in [-0.05, 0) is 159 Å². The molecule has 4 aliphatic carbocycles. The van der Waals surface area contributed by atoms with E-state index in [1.54, 1.807) is 42.0 Å². The van der Waals surface area contributed by atoms with Crippen LogP contribution in [0.5, 0.6) is 5.75 Å². The highest BCUT2D eigenvalue weighted by Crippen LogP contribution is 2.67. The lowest BCUT2D eigenvalue weighted by Crippen LogP contribution is -2.53. The quantitative estimate of drug-likeness (QED) is 0.0282. The molecule has 0 radical (unpaired) electrons. The van der Waals surface area contributed by atoms with Crippen molar-refractivity contribution in [2.45, 2.75) is 183 Å². The van der Waals surface area contributed by atoms with Gasteiger partial charge in [-0.25, -0.2) is 4.79 Å². The lowest BCUT2D eigenvalue weighted by atomic mass is 9.47. The molecule has 1 unspecified atom stereocenters. The monoisotopic (exact) mass is 1040 g/mol. The average Bonchev–Trinajstić information content (AvgIpc) is 3.83. The molecule has 0 saturated heterocycles. The summed E-state index contributed by atoms with van der Waals surface area (Å²) >= 11 is 0. The lowest BCUT2D eigenvalue weighted by molar-refractivity contribution is -0.132. The van der Waals surface area contributed by atoms with Crippen LogP contribution >= 0.6 is 0 Å². The van der Waals surface area contributed by atoms with E-state index >= 15 is 0 Å². The second-order valence-electron chi connectivity index (χ2n) is 24.4. The van der Waals surface area contributed by atoms with Gasteiger partial charge in [0, 0.05) is 38.1 Å².